The second kappa shape index (κ2) is 7.38. The molecule has 2 amide bonds. The normalized spacial score (nSPS) is 14.6. The van der Waals surface area contributed by atoms with E-state index in [4.69, 9.17) is 0 Å². The van der Waals surface area contributed by atoms with Gasteiger partial charge in [0, 0.05) is 37.2 Å². The molecule has 4 rings (SSSR count). The number of hydrogen-bond acceptors (Lipinski definition) is 2. The lowest BCUT2D eigenvalue weighted by molar-refractivity contribution is -0.120. The van der Waals surface area contributed by atoms with Gasteiger partial charge in [0.2, 0.25) is 5.91 Å². The van der Waals surface area contributed by atoms with E-state index in [0.717, 1.165) is 6.07 Å². The van der Waals surface area contributed by atoms with E-state index in [1.54, 1.807) is 41.3 Å². The highest BCUT2D eigenvalue weighted by Gasteiger charge is 2.22. The first kappa shape index (κ1) is 18.1. The molecule has 1 aliphatic heterocycles. The van der Waals surface area contributed by atoms with Crippen LogP contribution in [0.1, 0.15) is 16.8 Å². The van der Waals surface area contributed by atoms with E-state index in [0.29, 0.717) is 41.5 Å². The fourth-order valence-corrected chi connectivity index (χ4v) is 3.57. The lowest BCUT2D eigenvalue weighted by Crippen LogP contribution is -2.34. The van der Waals surface area contributed by atoms with Crippen molar-refractivity contribution in [2.75, 3.05) is 19.6 Å². The van der Waals surface area contributed by atoms with Gasteiger partial charge < -0.3 is 10.2 Å². The predicted octanol–water partition coefficient (Wildman–Crippen LogP) is 3.75. The molecule has 1 N–H and O–H groups in total. The Balaban J connectivity index is 1.81. The van der Waals surface area contributed by atoms with Crippen LogP contribution in [0.4, 0.5) is 8.78 Å². The van der Waals surface area contributed by atoms with Crippen LogP contribution in [0.2, 0.25) is 0 Å². The Morgan fingerprint density at radius 3 is 2.50 bits per heavy atom. The molecule has 3 aromatic carbocycles. The van der Waals surface area contributed by atoms with Gasteiger partial charge in [0.05, 0.1) is 0 Å². The third kappa shape index (κ3) is 3.22. The number of rotatable bonds is 2. The molecule has 0 saturated carbocycles. The Morgan fingerprint density at radius 2 is 1.68 bits per heavy atom. The van der Waals surface area contributed by atoms with Gasteiger partial charge in [0.15, 0.2) is 11.6 Å². The number of amides is 2. The summed E-state index contributed by atoms with van der Waals surface area (Å²) < 4.78 is 28.1. The third-order valence-electron chi connectivity index (χ3n) is 5.00. The summed E-state index contributed by atoms with van der Waals surface area (Å²) >= 11 is 0. The molecule has 1 saturated heterocycles. The van der Waals surface area contributed by atoms with Crippen molar-refractivity contribution in [3.05, 3.63) is 71.8 Å². The number of fused-ring (bicyclic) bond motifs is 1. The first-order valence-electron chi connectivity index (χ1n) is 9.08. The molecule has 0 atom stereocenters. The Kier molecular flexibility index (Phi) is 4.77. The number of benzene rings is 3. The van der Waals surface area contributed by atoms with Crippen molar-refractivity contribution in [1.29, 1.82) is 0 Å². The zero-order chi connectivity index (χ0) is 19.7. The number of carbonyl (C=O) groups is 2. The number of halogens is 2. The maximum absolute atomic E-state index is 14.4. The number of nitrogens with zero attached hydrogens (tertiary/aromatic N) is 1. The van der Waals surface area contributed by atoms with Crippen molar-refractivity contribution in [2.45, 2.75) is 6.42 Å². The van der Waals surface area contributed by atoms with E-state index in [9.17, 15) is 18.4 Å². The molecule has 0 bridgehead atoms. The maximum atomic E-state index is 14.4. The van der Waals surface area contributed by atoms with Gasteiger partial charge in [0.25, 0.3) is 5.91 Å². The monoisotopic (exact) mass is 380 g/mol. The molecule has 1 fully saturated rings. The van der Waals surface area contributed by atoms with Crippen LogP contribution in [0.15, 0.2) is 54.6 Å². The largest absolute Gasteiger partial charge is 0.354 e. The van der Waals surface area contributed by atoms with Gasteiger partial charge in [-0.2, -0.15) is 0 Å². The SMILES string of the molecule is O=C1CCN(C(=O)c2ccc(-c3cccc(F)c3F)c3ccccc23)CCN1. The summed E-state index contributed by atoms with van der Waals surface area (Å²) in [5.41, 5.74) is 1.15. The average Bonchev–Trinajstić information content (AvgIpc) is 2.93. The van der Waals surface area contributed by atoms with Crippen LogP contribution >= 0.6 is 0 Å². The van der Waals surface area contributed by atoms with Crippen molar-refractivity contribution >= 4 is 22.6 Å². The second-order valence-corrected chi connectivity index (χ2v) is 6.70. The van der Waals surface area contributed by atoms with Crippen molar-refractivity contribution in [2.24, 2.45) is 0 Å². The predicted molar refractivity (Wildman–Crippen MR) is 103 cm³/mol. The van der Waals surface area contributed by atoms with Crippen molar-refractivity contribution < 1.29 is 18.4 Å². The smallest absolute Gasteiger partial charge is 0.254 e. The molecule has 142 valence electrons. The van der Waals surface area contributed by atoms with Crippen molar-refractivity contribution in [3.8, 4) is 11.1 Å². The summed E-state index contributed by atoms with van der Waals surface area (Å²) in [6, 6.07) is 14.5. The summed E-state index contributed by atoms with van der Waals surface area (Å²) in [6.45, 7) is 1.19. The topological polar surface area (TPSA) is 49.4 Å². The van der Waals surface area contributed by atoms with E-state index in [1.807, 2.05) is 0 Å². The first-order chi connectivity index (χ1) is 13.6. The van der Waals surface area contributed by atoms with Crippen molar-refractivity contribution in [3.63, 3.8) is 0 Å². The highest BCUT2D eigenvalue weighted by atomic mass is 19.2. The summed E-state index contributed by atoms with van der Waals surface area (Å²) in [5.74, 6) is -2.08. The standard InChI is InChI=1S/C22H18F2N2O2/c23-19-7-3-6-17(21(19)24)16-8-9-18(15-5-2-1-4-14(15)16)22(28)26-12-10-20(27)25-11-13-26/h1-9H,10-13H2,(H,25,27). The molecule has 0 spiro atoms. The zero-order valence-electron chi connectivity index (χ0n) is 15.0. The quantitative estimate of drug-likeness (QED) is 0.736. The lowest BCUT2D eigenvalue weighted by Gasteiger charge is -2.21. The molecule has 0 unspecified atom stereocenters. The van der Waals surface area contributed by atoms with Gasteiger partial charge >= 0.3 is 0 Å². The van der Waals surface area contributed by atoms with Crippen LogP contribution in [-0.2, 0) is 4.79 Å². The second-order valence-electron chi connectivity index (χ2n) is 6.70. The fourth-order valence-electron chi connectivity index (χ4n) is 3.57. The van der Waals surface area contributed by atoms with E-state index >= 15 is 0 Å². The van der Waals surface area contributed by atoms with E-state index < -0.39 is 11.6 Å². The van der Waals surface area contributed by atoms with Gasteiger partial charge in [-0.25, -0.2) is 8.78 Å². The highest BCUT2D eigenvalue weighted by molar-refractivity contribution is 6.11. The van der Waals surface area contributed by atoms with Gasteiger partial charge in [-0.15, -0.1) is 0 Å². The Labute approximate surface area is 160 Å². The average molecular weight is 380 g/mol. The Morgan fingerprint density at radius 1 is 0.893 bits per heavy atom. The van der Waals surface area contributed by atoms with Crippen LogP contribution in [0.25, 0.3) is 21.9 Å². The Bertz CT molecular complexity index is 1080. The van der Waals surface area contributed by atoms with Crippen molar-refractivity contribution in [1.82, 2.24) is 10.2 Å². The molecule has 0 aromatic heterocycles. The molecule has 1 heterocycles. The fraction of sp³-hybridized carbons (Fsp3) is 0.182. The van der Waals surface area contributed by atoms with E-state index in [1.165, 1.54) is 12.1 Å². The third-order valence-corrected chi connectivity index (χ3v) is 5.00. The summed E-state index contributed by atoms with van der Waals surface area (Å²) in [4.78, 5) is 26.3. The first-order valence-corrected chi connectivity index (χ1v) is 9.08. The number of carbonyl (C=O) groups excluding carboxylic acids is 2. The summed E-state index contributed by atoms with van der Waals surface area (Å²) in [6.07, 6.45) is 0.260. The molecule has 1 aliphatic rings. The summed E-state index contributed by atoms with van der Waals surface area (Å²) in [7, 11) is 0. The molecule has 0 aliphatic carbocycles. The van der Waals surface area contributed by atoms with Gasteiger partial charge in [-0.05, 0) is 28.5 Å². The Hall–Kier alpha value is -3.28. The van der Waals surface area contributed by atoms with Crippen LogP contribution in [-0.4, -0.2) is 36.3 Å². The van der Waals surface area contributed by atoms with E-state index in [2.05, 4.69) is 5.32 Å². The van der Waals surface area contributed by atoms with Crippen LogP contribution in [0, 0.1) is 11.6 Å². The molecule has 0 radical (unpaired) electrons. The van der Waals surface area contributed by atoms with Crippen LogP contribution < -0.4 is 5.32 Å². The van der Waals surface area contributed by atoms with Crippen LogP contribution in [0.3, 0.4) is 0 Å². The van der Waals surface area contributed by atoms with Gasteiger partial charge in [0.1, 0.15) is 0 Å². The minimum atomic E-state index is -0.913. The molecular weight excluding hydrogens is 362 g/mol. The molecule has 4 nitrogen and oxygen atoms in total. The van der Waals surface area contributed by atoms with Gasteiger partial charge in [-0.1, -0.05) is 42.5 Å². The molecule has 3 aromatic rings. The van der Waals surface area contributed by atoms with Gasteiger partial charge in [-0.3, -0.25) is 9.59 Å². The number of nitrogens with one attached hydrogen (secondary N) is 1. The molecular formula is C22H18F2N2O2. The van der Waals surface area contributed by atoms with E-state index in [-0.39, 0.29) is 23.8 Å². The van der Waals surface area contributed by atoms with Crippen LogP contribution in [0.5, 0.6) is 0 Å². The minimum absolute atomic E-state index is 0.0721. The molecule has 28 heavy (non-hydrogen) atoms. The highest BCUT2D eigenvalue weighted by Crippen LogP contribution is 2.33. The lowest BCUT2D eigenvalue weighted by atomic mass is 9.94. The number of hydrogen-bond donors (Lipinski definition) is 1. The summed E-state index contributed by atoms with van der Waals surface area (Å²) in [5, 5.41) is 4.08. The minimum Gasteiger partial charge on any atom is -0.354 e. The molecule has 6 heteroatoms. The zero-order valence-corrected chi connectivity index (χ0v) is 15.0. The maximum Gasteiger partial charge on any atom is 0.254 e.